The SMILES string of the molecule is COc1ccc(-c2ccccc2)cc1Nc1ncnc(N)c1C(=N)c1ccc(C(F)(F)F)cc1. The van der Waals surface area contributed by atoms with Gasteiger partial charge in [0.2, 0.25) is 0 Å². The summed E-state index contributed by atoms with van der Waals surface area (Å²) in [5, 5.41) is 11.8. The van der Waals surface area contributed by atoms with E-state index in [9.17, 15) is 13.2 Å². The first-order valence-corrected chi connectivity index (χ1v) is 10.2. The topological polar surface area (TPSA) is 96.9 Å². The number of ether oxygens (including phenoxy) is 1. The third-order valence-electron chi connectivity index (χ3n) is 5.19. The zero-order valence-electron chi connectivity index (χ0n) is 18.0. The summed E-state index contributed by atoms with van der Waals surface area (Å²) in [6.07, 6.45) is -3.22. The Morgan fingerprint density at radius 2 is 1.65 bits per heavy atom. The molecular formula is C25H20F3N5O. The van der Waals surface area contributed by atoms with Gasteiger partial charge >= 0.3 is 6.18 Å². The van der Waals surface area contributed by atoms with Crippen molar-refractivity contribution >= 4 is 23.0 Å². The summed E-state index contributed by atoms with van der Waals surface area (Å²) in [7, 11) is 1.53. The number of hydrogen-bond acceptors (Lipinski definition) is 6. The van der Waals surface area contributed by atoms with Gasteiger partial charge < -0.3 is 15.8 Å². The first kappa shape index (κ1) is 22.8. The highest BCUT2D eigenvalue weighted by Gasteiger charge is 2.30. The molecule has 3 aromatic carbocycles. The number of nitrogens with two attached hydrogens (primary N) is 1. The number of rotatable bonds is 6. The molecule has 0 aliphatic rings. The lowest BCUT2D eigenvalue weighted by atomic mass is 10.0. The van der Waals surface area contributed by atoms with E-state index < -0.39 is 11.7 Å². The third kappa shape index (κ3) is 4.68. The summed E-state index contributed by atoms with van der Waals surface area (Å²) >= 11 is 0. The van der Waals surface area contributed by atoms with Gasteiger partial charge in [-0.05, 0) is 35.4 Å². The van der Waals surface area contributed by atoms with Crippen LogP contribution in [0.15, 0.2) is 79.1 Å². The summed E-state index contributed by atoms with van der Waals surface area (Å²) in [5.74, 6) is 0.769. The number of nitrogen functional groups attached to an aromatic ring is 1. The van der Waals surface area contributed by atoms with Crippen LogP contribution in [0.5, 0.6) is 5.75 Å². The van der Waals surface area contributed by atoms with E-state index in [-0.39, 0.29) is 28.5 Å². The average molecular weight is 463 g/mol. The lowest BCUT2D eigenvalue weighted by molar-refractivity contribution is -0.137. The lowest BCUT2D eigenvalue weighted by Gasteiger charge is -2.17. The van der Waals surface area contributed by atoms with Crippen LogP contribution in [0.25, 0.3) is 11.1 Å². The van der Waals surface area contributed by atoms with Crippen molar-refractivity contribution in [3.63, 3.8) is 0 Å². The van der Waals surface area contributed by atoms with E-state index in [1.807, 2.05) is 42.5 Å². The number of methoxy groups -OCH3 is 1. The molecule has 4 N–H and O–H groups in total. The number of hydrogen-bond donors (Lipinski definition) is 3. The Hall–Kier alpha value is -4.40. The maximum absolute atomic E-state index is 12.9. The van der Waals surface area contributed by atoms with E-state index >= 15 is 0 Å². The maximum atomic E-state index is 12.9. The first-order valence-electron chi connectivity index (χ1n) is 10.2. The van der Waals surface area contributed by atoms with Crippen molar-refractivity contribution in [2.45, 2.75) is 6.18 Å². The van der Waals surface area contributed by atoms with Gasteiger partial charge in [-0.15, -0.1) is 0 Å². The summed E-state index contributed by atoms with van der Waals surface area (Å²) in [4.78, 5) is 8.20. The molecule has 0 aliphatic heterocycles. The van der Waals surface area contributed by atoms with Crippen molar-refractivity contribution in [3.05, 3.63) is 95.8 Å². The second kappa shape index (κ2) is 9.22. The Morgan fingerprint density at radius 1 is 0.941 bits per heavy atom. The number of anilines is 3. The number of aromatic nitrogens is 2. The van der Waals surface area contributed by atoms with Crippen molar-refractivity contribution in [3.8, 4) is 16.9 Å². The monoisotopic (exact) mass is 463 g/mol. The number of benzene rings is 3. The molecule has 9 heteroatoms. The fourth-order valence-electron chi connectivity index (χ4n) is 3.45. The van der Waals surface area contributed by atoms with Crippen LogP contribution in [0, 0.1) is 5.41 Å². The van der Waals surface area contributed by atoms with Crippen LogP contribution in [0.2, 0.25) is 0 Å². The molecule has 0 unspecified atom stereocenters. The minimum atomic E-state index is -4.47. The van der Waals surface area contributed by atoms with Gasteiger partial charge in [0, 0.05) is 5.56 Å². The normalized spacial score (nSPS) is 11.2. The predicted molar refractivity (Wildman–Crippen MR) is 126 cm³/mol. The Bertz CT molecular complexity index is 1320. The fraction of sp³-hybridized carbons (Fsp3) is 0.0800. The Balaban J connectivity index is 1.72. The molecule has 34 heavy (non-hydrogen) atoms. The van der Waals surface area contributed by atoms with Crippen molar-refractivity contribution in [1.82, 2.24) is 9.97 Å². The van der Waals surface area contributed by atoms with Crippen LogP contribution < -0.4 is 15.8 Å². The molecule has 0 amide bonds. The van der Waals surface area contributed by atoms with Gasteiger partial charge in [0.15, 0.2) is 0 Å². The molecule has 1 aromatic heterocycles. The van der Waals surface area contributed by atoms with E-state index in [0.29, 0.717) is 11.4 Å². The molecule has 0 bridgehead atoms. The Labute approximate surface area is 193 Å². The van der Waals surface area contributed by atoms with Crippen LogP contribution in [-0.2, 0) is 6.18 Å². The smallest absolute Gasteiger partial charge is 0.416 e. The largest absolute Gasteiger partial charge is 0.495 e. The number of nitrogens with zero attached hydrogens (tertiary/aromatic N) is 2. The zero-order valence-corrected chi connectivity index (χ0v) is 18.0. The molecule has 0 spiro atoms. The van der Waals surface area contributed by atoms with Gasteiger partial charge in [0.25, 0.3) is 0 Å². The molecule has 4 aromatic rings. The van der Waals surface area contributed by atoms with E-state index in [4.69, 9.17) is 15.9 Å². The van der Waals surface area contributed by atoms with Crippen molar-refractivity contribution in [1.29, 1.82) is 5.41 Å². The van der Waals surface area contributed by atoms with E-state index in [1.54, 1.807) is 6.07 Å². The van der Waals surface area contributed by atoms with Crippen LogP contribution in [0.4, 0.5) is 30.5 Å². The molecule has 1 heterocycles. The second-order valence-corrected chi connectivity index (χ2v) is 7.34. The highest BCUT2D eigenvalue weighted by atomic mass is 19.4. The average Bonchev–Trinajstić information content (AvgIpc) is 2.84. The summed E-state index contributed by atoms with van der Waals surface area (Å²) in [5.41, 5.74) is 8.03. The Kier molecular flexibility index (Phi) is 6.18. The molecule has 4 rings (SSSR count). The molecule has 0 aliphatic carbocycles. The molecule has 172 valence electrons. The van der Waals surface area contributed by atoms with Crippen LogP contribution in [-0.4, -0.2) is 22.8 Å². The highest BCUT2D eigenvalue weighted by Crippen LogP contribution is 2.35. The van der Waals surface area contributed by atoms with Crippen molar-refractivity contribution in [2.75, 3.05) is 18.2 Å². The Morgan fingerprint density at radius 3 is 2.29 bits per heavy atom. The standard InChI is InChI=1S/C25H20F3N5O/c1-34-20-12-9-17(15-5-3-2-4-6-15)13-19(20)33-24-21(23(30)31-14-32-24)22(29)16-7-10-18(11-8-16)25(26,27)28/h2-14,29H,1H3,(H3,30,31,32,33). The summed E-state index contributed by atoms with van der Waals surface area (Å²) in [6.45, 7) is 0. The second-order valence-electron chi connectivity index (χ2n) is 7.34. The predicted octanol–water partition coefficient (Wildman–Crippen LogP) is 5.91. The summed E-state index contributed by atoms with van der Waals surface area (Å²) < 4.78 is 44.2. The molecular weight excluding hydrogens is 443 g/mol. The third-order valence-corrected chi connectivity index (χ3v) is 5.19. The van der Waals surface area contributed by atoms with Crippen molar-refractivity contribution in [2.24, 2.45) is 0 Å². The van der Waals surface area contributed by atoms with Crippen LogP contribution >= 0.6 is 0 Å². The van der Waals surface area contributed by atoms with Gasteiger partial charge in [-0.3, -0.25) is 5.41 Å². The van der Waals surface area contributed by atoms with Crippen LogP contribution in [0.3, 0.4) is 0 Å². The van der Waals surface area contributed by atoms with Gasteiger partial charge in [-0.25, -0.2) is 9.97 Å². The van der Waals surface area contributed by atoms with Gasteiger partial charge in [-0.1, -0.05) is 48.5 Å². The minimum Gasteiger partial charge on any atom is -0.495 e. The highest BCUT2D eigenvalue weighted by molar-refractivity contribution is 6.16. The minimum absolute atomic E-state index is 0.0144. The molecule has 0 atom stereocenters. The molecule has 0 radical (unpaired) electrons. The number of alkyl halides is 3. The lowest BCUT2D eigenvalue weighted by Crippen LogP contribution is -2.13. The first-order chi connectivity index (χ1) is 16.3. The number of nitrogens with one attached hydrogen (secondary N) is 2. The number of halogens is 3. The van der Waals surface area contributed by atoms with Crippen molar-refractivity contribution < 1.29 is 17.9 Å². The molecule has 6 nitrogen and oxygen atoms in total. The summed E-state index contributed by atoms with van der Waals surface area (Å²) in [6, 6.07) is 19.6. The van der Waals surface area contributed by atoms with Gasteiger partial charge in [0.05, 0.1) is 29.6 Å². The molecule has 0 fully saturated rings. The maximum Gasteiger partial charge on any atom is 0.416 e. The van der Waals surface area contributed by atoms with Gasteiger partial charge in [0.1, 0.15) is 23.7 Å². The molecule has 0 saturated heterocycles. The zero-order chi connectivity index (χ0) is 24.3. The van der Waals surface area contributed by atoms with Crippen LogP contribution in [0.1, 0.15) is 16.7 Å². The van der Waals surface area contributed by atoms with E-state index in [2.05, 4.69) is 15.3 Å². The van der Waals surface area contributed by atoms with E-state index in [1.165, 1.54) is 25.6 Å². The van der Waals surface area contributed by atoms with E-state index in [0.717, 1.165) is 23.3 Å². The quantitative estimate of drug-likeness (QED) is 0.309. The van der Waals surface area contributed by atoms with Gasteiger partial charge in [-0.2, -0.15) is 13.2 Å². The fourth-order valence-corrected chi connectivity index (χ4v) is 3.45. The molecule has 0 saturated carbocycles.